The zero-order valence-corrected chi connectivity index (χ0v) is 15.5. The number of fused-ring (bicyclic) bond motifs is 1. The van der Waals surface area contributed by atoms with E-state index in [1.807, 2.05) is 0 Å². The molecule has 1 aliphatic heterocycles. The number of hydrogen-bond donors (Lipinski definition) is 2. The predicted octanol–water partition coefficient (Wildman–Crippen LogP) is 2.78. The largest absolute Gasteiger partial charge is 0.358 e. The molecule has 0 aromatic carbocycles. The van der Waals surface area contributed by atoms with Gasteiger partial charge >= 0.3 is 0 Å². The number of rotatable bonds is 6. The van der Waals surface area contributed by atoms with Crippen LogP contribution in [0.2, 0.25) is 0 Å². The van der Waals surface area contributed by atoms with Gasteiger partial charge < -0.3 is 4.74 Å². The highest BCUT2D eigenvalue weighted by Crippen LogP contribution is 2.30. The van der Waals surface area contributed by atoms with Crippen molar-refractivity contribution < 1.29 is 9.53 Å². The highest BCUT2D eigenvalue weighted by atomic mass is 16.5. The summed E-state index contributed by atoms with van der Waals surface area (Å²) in [5.74, 6) is 0.108. The summed E-state index contributed by atoms with van der Waals surface area (Å²) in [6.45, 7) is 11.8. The summed E-state index contributed by atoms with van der Waals surface area (Å²) in [7, 11) is 0. The van der Waals surface area contributed by atoms with Crippen molar-refractivity contribution in [2.24, 2.45) is 5.92 Å². The Morgan fingerprint density at radius 2 is 2.22 bits per heavy atom. The van der Waals surface area contributed by atoms with E-state index >= 15 is 0 Å². The fourth-order valence-corrected chi connectivity index (χ4v) is 2.83. The number of aromatic nitrogens is 4. The van der Waals surface area contributed by atoms with Gasteiger partial charge in [-0.1, -0.05) is 45.2 Å². The molecule has 0 radical (unpaired) electrons. The van der Waals surface area contributed by atoms with E-state index in [2.05, 4.69) is 33.4 Å². The average molecular weight is 369 g/mol. The zero-order valence-electron chi connectivity index (χ0n) is 15.5. The number of aromatic amines is 1. The van der Waals surface area contributed by atoms with Gasteiger partial charge in [-0.05, 0) is 12.8 Å². The minimum Gasteiger partial charge on any atom is -0.358 e. The second-order valence-corrected chi connectivity index (χ2v) is 6.62. The summed E-state index contributed by atoms with van der Waals surface area (Å²) >= 11 is 0. The highest BCUT2D eigenvalue weighted by molar-refractivity contribution is 5.91. The molecule has 2 aromatic rings. The molecule has 1 fully saturated rings. The van der Waals surface area contributed by atoms with Gasteiger partial charge in [-0.3, -0.25) is 24.5 Å². The normalized spacial score (nSPS) is 17.1. The zero-order chi connectivity index (χ0) is 19.6. The molecule has 8 nitrogen and oxygen atoms in total. The van der Waals surface area contributed by atoms with Crippen LogP contribution in [0.4, 0.5) is 5.95 Å². The Morgan fingerprint density at radius 1 is 1.44 bits per heavy atom. The number of imidazole rings is 1. The molecule has 3 rings (SSSR count). The number of allylic oxidation sites excluding steroid dienone is 4. The van der Waals surface area contributed by atoms with E-state index in [0.717, 1.165) is 12.8 Å². The van der Waals surface area contributed by atoms with Crippen molar-refractivity contribution in [3.63, 3.8) is 0 Å². The lowest BCUT2D eigenvalue weighted by Crippen LogP contribution is -2.22. The Balaban J connectivity index is 2.16. The van der Waals surface area contributed by atoms with Gasteiger partial charge in [0.2, 0.25) is 11.9 Å². The first-order valence-electron chi connectivity index (χ1n) is 8.85. The number of carbonyl (C=O) groups excluding carboxylic acids is 1. The van der Waals surface area contributed by atoms with Gasteiger partial charge in [0, 0.05) is 18.1 Å². The summed E-state index contributed by atoms with van der Waals surface area (Å²) < 4.78 is 7.57. The van der Waals surface area contributed by atoms with Gasteiger partial charge in [0.05, 0.1) is 0 Å². The SMILES string of the molecule is C=CC=CC(=C)c1nc2c(=O)[nH]c(NC(=O)C(C)C)nc2n1C1CCCO1. The summed E-state index contributed by atoms with van der Waals surface area (Å²) in [5, 5.41) is 2.63. The van der Waals surface area contributed by atoms with Gasteiger partial charge in [0.15, 0.2) is 11.2 Å². The summed E-state index contributed by atoms with van der Waals surface area (Å²) in [6.07, 6.45) is 6.53. The average Bonchev–Trinajstić information content (AvgIpc) is 3.26. The van der Waals surface area contributed by atoms with Gasteiger partial charge in [0.1, 0.15) is 12.1 Å². The first-order valence-corrected chi connectivity index (χ1v) is 8.85. The maximum absolute atomic E-state index is 12.5. The Kier molecular flexibility index (Phi) is 5.36. The quantitative estimate of drug-likeness (QED) is 0.762. The summed E-state index contributed by atoms with van der Waals surface area (Å²) in [6, 6.07) is 0. The van der Waals surface area contributed by atoms with Crippen molar-refractivity contribution >= 4 is 28.6 Å². The molecular formula is C19H23N5O3. The second-order valence-electron chi connectivity index (χ2n) is 6.62. The number of nitrogens with zero attached hydrogens (tertiary/aromatic N) is 3. The van der Waals surface area contributed by atoms with Crippen LogP contribution in [-0.4, -0.2) is 32.0 Å². The molecule has 2 N–H and O–H groups in total. The van der Waals surface area contributed by atoms with Crippen LogP contribution in [0.15, 0.2) is 36.2 Å². The Labute approximate surface area is 156 Å². The Hall–Kier alpha value is -3.00. The third kappa shape index (κ3) is 3.75. The van der Waals surface area contributed by atoms with E-state index in [-0.39, 0.29) is 29.5 Å². The van der Waals surface area contributed by atoms with E-state index < -0.39 is 5.56 Å². The predicted molar refractivity (Wildman–Crippen MR) is 104 cm³/mol. The van der Waals surface area contributed by atoms with E-state index in [1.54, 1.807) is 36.6 Å². The molecule has 27 heavy (non-hydrogen) atoms. The maximum Gasteiger partial charge on any atom is 0.280 e. The number of ether oxygens (including phenoxy) is 1. The number of amides is 1. The minimum absolute atomic E-state index is 0.0872. The molecule has 2 aromatic heterocycles. The van der Waals surface area contributed by atoms with Crippen LogP contribution in [0.1, 0.15) is 38.7 Å². The van der Waals surface area contributed by atoms with E-state index in [4.69, 9.17) is 4.74 Å². The van der Waals surface area contributed by atoms with Gasteiger partial charge in [-0.25, -0.2) is 4.98 Å². The first-order chi connectivity index (χ1) is 12.9. The molecule has 142 valence electrons. The standard InChI is InChI=1S/C19H23N5O3/c1-5-6-8-12(4)15-20-14-16(24(15)13-9-7-10-27-13)21-19(23-18(14)26)22-17(25)11(2)3/h5-6,8,11,13H,1,4,7,9-10H2,2-3H3,(H2,21,22,23,25,26). The monoisotopic (exact) mass is 369 g/mol. The van der Waals surface area contributed by atoms with Gasteiger partial charge in [-0.2, -0.15) is 4.98 Å². The van der Waals surface area contributed by atoms with Crippen molar-refractivity contribution in [3.8, 4) is 0 Å². The fourth-order valence-electron chi connectivity index (χ4n) is 2.83. The lowest BCUT2D eigenvalue weighted by atomic mass is 10.2. The lowest BCUT2D eigenvalue weighted by Gasteiger charge is -2.15. The van der Waals surface area contributed by atoms with Crippen molar-refractivity contribution in [2.75, 3.05) is 11.9 Å². The molecule has 1 aliphatic rings. The molecular weight excluding hydrogens is 346 g/mol. The molecule has 1 atom stereocenters. The van der Waals surface area contributed by atoms with E-state index in [1.165, 1.54) is 0 Å². The molecule has 8 heteroatoms. The van der Waals surface area contributed by atoms with Crippen LogP contribution in [0.5, 0.6) is 0 Å². The number of carbonyl (C=O) groups is 1. The van der Waals surface area contributed by atoms with Crippen LogP contribution < -0.4 is 10.9 Å². The van der Waals surface area contributed by atoms with E-state index in [9.17, 15) is 9.59 Å². The third-order valence-electron chi connectivity index (χ3n) is 4.23. The molecule has 0 bridgehead atoms. The minimum atomic E-state index is -0.433. The number of H-pyrrole nitrogens is 1. The molecule has 0 aliphatic carbocycles. The van der Waals surface area contributed by atoms with Crippen LogP contribution in [0.25, 0.3) is 16.7 Å². The van der Waals surface area contributed by atoms with E-state index in [0.29, 0.717) is 23.7 Å². The maximum atomic E-state index is 12.5. The van der Waals surface area contributed by atoms with Crippen LogP contribution in [0.3, 0.4) is 0 Å². The summed E-state index contributed by atoms with van der Waals surface area (Å²) in [4.78, 5) is 36.0. The van der Waals surface area contributed by atoms with Crippen molar-refractivity contribution in [3.05, 3.63) is 47.6 Å². The van der Waals surface area contributed by atoms with Crippen molar-refractivity contribution in [1.82, 2.24) is 19.5 Å². The molecule has 0 saturated carbocycles. The van der Waals surface area contributed by atoms with Crippen LogP contribution in [0, 0.1) is 5.92 Å². The van der Waals surface area contributed by atoms with Gasteiger partial charge in [0.25, 0.3) is 5.56 Å². The lowest BCUT2D eigenvalue weighted by molar-refractivity contribution is -0.118. The fraction of sp³-hybridized carbons (Fsp3) is 0.368. The Bertz CT molecular complexity index is 977. The number of hydrogen-bond acceptors (Lipinski definition) is 5. The molecule has 0 spiro atoms. The molecule has 3 heterocycles. The molecule has 1 unspecified atom stereocenters. The van der Waals surface area contributed by atoms with Crippen LogP contribution in [-0.2, 0) is 9.53 Å². The van der Waals surface area contributed by atoms with Crippen molar-refractivity contribution in [1.29, 1.82) is 0 Å². The van der Waals surface area contributed by atoms with Gasteiger partial charge in [-0.15, -0.1) is 0 Å². The molecule has 1 amide bonds. The highest BCUT2D eigenvalue weighted by Gasteiger charge is 2.26. The van der Waals surface area contributed by atoms with Crippen LogP contribution >= 0.6 is 0 Å². The first kappa shape index (κ1) is 18.8. The Morgan fingerprint density at radius 3 is 2.85 bits per heavy atom. The number of nitrogens with one attached hydrogen (secondary N) is 2. The third-order valence-corrected chi connectivity index (χ3v) is 4.23. The summed E-state index contributed by atoms with van der Waals surface area (Å²) in [5.41, 5.74) is 0.706. The smallest absolute Gasteiger partial charge is 0.280 e. The number of anilines is 1. The topological polar surface area (TPSA) is 102 Å². The second kappa shape index (κ2) is 7.71. The molecule has 1 saturated heterocycles. The van der Waals surface area contributed by atoms with Crippen molar-refractivity contribution in [2.45, 2.75) is 32.9 Å².